The van der Waals surface area contributed by atoms with Crippen molar-refractivity contribution in [2.45, 2.75) is 44.9 Å². The van der Waals surface area contributed by atoms with E-state index in [0.29, 0.717) is 13.1 Å². The van der Waals surface area contributed by atoms with Crippen LogP contribution in [0.3, 0.4) is 0 Å². The molecule has 0 bridgehead atoms. The number of aryl methyl sites for hydroxylation is 3. The molecule has 1 unspecified atom stereocenters. The summed E-state index contributed by atoms with van der Waals surface area (Å²) in [5, 5.41) is -0.175. The molecule has 1 aliphatic heterocycles. The van der Waals surface area contributed by atoms with Gasteiger partial charge in [-0.25, -0.2) is 9.71 Å². The number of rotatable bonds is 5. The number of carbonyl (C=O) groups is 1. The molecule has 3 aromatic rings. The Morgan fingerprint density at radius 3 is 2.42 bits per heavy atom. The third-order valence-electron chi connectivity index (χ3n) is 5.69. The molecule has 0 saturated carbocycles. The van der Waals surface area contributed by atoms with Gasteiger partial charge in [0.15, 0.2) is 5.03 Å². The van der Waals surface area contributed by atoms with Gasteiger partial charge in [-0.05, 0) is 60.7 Å². The maximum atomic E-state index is 13.3. The number of sulfonamides is 1. The molecule has 0 saturated heterocycles. The van der Waals surface area contributed by atoms with Crippen molar-refractivity contribution in [2.75, 3.05) is 0 Å². The Morgan fingerprint density at radius 2 is 1.74 bits per heavy atom. The minimum absolute atomic E-state index is 0.175. The van der Waals surface area contributed by atoms with E-state index in [4.69, 9.17) is 0 Å². The minimum Gasteiger partial charge on any atom is -0.280 e. The standard InChI is InChI=1S/C24H25N3O3S/c1-16-12-17(2)21(18(3)13-16)15-27-14-19-8-4-5-9-20(19)23(27)24(28)26-31(29,30)22-10-6-7-11-25-22/h4-13,23H,14-15H2,1-3H3,(H,26,28). The highest BCUT2D eigenvalue weighted by atomic mass is 32.2. The Labute approximate surface area is 183 Å². The van der Waals surface area contributed by atoms with Gasteiger partial charge >= 0.3 is 0 Å². The fraction of sp³-hybridized carbons (Fsp3) is 0.250. The van der Waals surface area contributed by atoms with Crippen molar-refractivity contribution in [1.29, 1.82) is 0 Å². The van der Waals surface area contributed by atoms with Gasteiger partial charge in [0.05, 0.1) is 0 Å². The molecule has 1 N–H and O–H groups in total. The van der Waals surface area contributed by atoms with Crippen LogP contribution in [0.1, 0.15) is 39.4 Å². The third-order valence-corrected chi connectivity index (χ3v) is 6.95. The molecule has 6 nitrogen and oxygen atoms in total. The molecule has 2 heterocycles. The zero-order chi connectivity index (χ0) is 22.2. The zero-order valence-electron chi connectivity index (χ0n) is 17.8. The molecule has 31 heavy (non-hydrogen) atoms. The summed E-state index contributed by atoms with van der Waals surface area (Å²) in [5.41, 5.74) is 6.53. The SMILES string of the molecule is Cc1cc(C)c(CN2Cc3ccccc3C2C(=O)NS(=O)(=O)c2ccccn2)c(C)c1. The molecule has 160 valence electrons. The van der Waals surface area contributed by atoms with Crippen LogP contribution >= 0.6 is 0 Å². The first kappa shape index (κ1) is 21.2. The number of hydrogen-bond donors (Lipinski definition) is 1. The average Bonchev–Trinajstić information content (AvgIpc) is 3.09. The largest absolute Gasteiger partial charge is 0.281 e. The van der Waals surface area contributed by atoms with Crippen molar-refractivity contribution in [3.63, 3.8) is 0 Å². The zero-order valence-corrected chi connectivity index (χ0v) is 18.6. The average molecular weight is 436 g/mol. The third kappa shape index (κ3) is 4.24. The van der Waals surface area contributed by atoms with Crippen molar-refractivity contribution in [3.8, 4) is 0 Å². The van der Waals surface area contributed by atoms with Crippen LogP contribution in [0.2, 0.25) is 0 Å². The molecule has 1 aliphatic rings. The molecule has 2 aromatic carbocycles. The molecule has 7 heteroatoms. The molecular weight excluding hydrogens is 410 g/mol. The number of nitrogens with zero attached hydrogens (tertiary/aromatic N) is 2. The van der Waals surface area contributed by atoms with E-state index < -0.39 is 22.0 Å². The Balaban J connectivity index is 1.67. The summed E-state index contributed by atoms with van der Waals surface area (Å²) in [4.78, 5) is 19.2. The van der Waals surface area contributed by atoms with E-state index in [1.54, 1.807) is 12.1 Å². The van der Waals surface area contributed by atoms with Gasteiger partial charge in [-0.3, -0.25) is 9.69 Å². The predicted octanol–water partition coefficient (Wildman–Crippen LogP) is 3.57. The molecule has 0 radical (unpaired) electrons. The summed E-state index contributed by atoms with van der Waals surface area (Å²) in [6.07, 6.45) is 1.39. The highest BCUT2D eigenvalue weighted by molar-refractivity contribution is 7.90. The number of benzene rings is 2. The topological polar surface area (TPSA) is 79.4 Å². The van der Waals surface area contributed by atoms with Crippen molar-refractivity contribution >= 4 is 15.9 Å². The van der Waals surface area contributed by atoms with Gasteiger partial charge in [0.2, 0.25) is 0 Å². The van der Waals surface area contributed by atoms with Gasteiger partial charge in [-0.15, -0.1) is 0 Å². The molecule has 1 atom stereocenters. The van der Waals surface area contributed by atoms with Crippen molar-refractivity contribution < 1.29 is 13.2 Å². The Hall–Kier alpha value is -3.03. The van der Waals surface area contributed by atoms with E-state index in [9.17, 15) is 13.2 Å². The van der Waals surface area contributed by atoms with Crippen LogP contribution in [0, 0.1) is 20.8 Å². The number of nitrogens with one attached hydrogen (secondary N) is 1. The molecule has 1 aromatic heterocycles. The van der Waals surface area contributed by atoms with Gasteiger partial charge < -0.3 is 0 Å². The summed E-state index contributed by atoms with van der Waals surface area (Å²) in [7, 11) is -4.06. The van der Waals surface area contributed by atoms with Crippen LogP contribution in [0.5, 0.6) is 0 Å². The van der Waals surface area contributed by atoms with E-state index in [1.807, 2.05) is 29.2 Å². The van der Waals surface area contributed by atoms with Gasteiger partial charge in [0.1, 0.15) is 6.04 Å². The lowest BCUT2D eigenvalue weighted by Crippen LogP contribution is -2.40. The van der Waals surface area contributed by atoms with Gasteiger partial charge in [-0.1, -0.05) is 48.0 Å². The Morgan fingerprint density at radius 1 is 1.06 bits per heavy atom. The Bertz CT molecular complexity index is 1220. The number of carbonyl (C=O) groups excluding carboxylic acids is 1. The van der Waals surface area contributed by atoms with E-state index >= 15 is 0 Å². The van der Waals surface area contributed by atoms with Gasteiger partial charge in [0, 0.05) is 19.3 Å². The summed E-state index contributed by atoms with van der Waals surface area (Å²) in [5.74, 6) is -0.571. The summed E-state index contributed by atoms with van der Waals surface area (Å²) in [6.45, 7) is 7.32. The monoisotopic (exact) mass is 435 g/mol. The van der Waals surface area contributed by atoms with Crippen molar-refractivity contribution in [1.82, 2.24) is 14.6 Å². The molecule has 0 spiro atoms. The normalized spacial score (nSPS) is 16.2. The van der Waals surface area contributed by atoms with Crippen LogP contribution < -0.4 is 4.72 Å². The van der Waals surface area contributed by atoms with E-state index in [1.165, 1.54) is 17.8 Å². The lowest BCUT2D eigenvalue weighted by molar-refractivity contribution is -0.124. The molecule has 0 fully saturated rings. The van der Waals surface area contributed by atoms with Crippen LogP contribution in [-0.2, 0) is 27.9 Å². The van der Waals surface area contributed by atoms with Crippen molar-refractivity contribution in [2.24, 2.45) is 0 Å². The Kier molecular flexibility index (Phi) is 5.64. The predicted molar refractivity (Wildman–Crippen MR) is 119 cm³/mol. The first-order valence-corrected chi connectivity index (χ1v) is 11.6. The van der Waals surface area contributed by atoms with Crippen molar-refractivity contribution in [3.05, 3.63) is 94.2 Å². The number of aromatic nitrogens is 1. The first-order valence-electron chi connectivity index (χ1n) is 10.1. The quantitative estimate of drug-likeness (QED) is 0.663. The fourth-order valence-corrected chi connectivity index (χ4v) is 5.25. The minimum atomic E-state index is -4.06. The van der Waals surface area contributed by atoms with E-state index in [-0.39, 0.29) is 5.03 Å². The lowest BCUT2D eigenvalue weighted by atomic mass is 9.99. The summed E-state index contributed by atoms with van der Waals surface area (Å²) >= 11 is 0. The molecular formula is C24H25N3O3S. The van der Waals surface area contributed by atoms with Crippen LogP contribution in [0.25, 0.3) is 0 Å². The number of fused-ring (bicyclic) bond motifs is 1. The maximum absolute atomic E-state index is 13.3. The summed E-state index contributed by atoms with van der Waals surface area (Å²) < 4.78 is 27.7. The molecule has 0 aliphatic carbocycles. The summed E-state index contributed by atoms with van der Waals surface area (Å²) in [6, 6.07) is 15.8. The second-order valence-corrected chi connectivity index (χ2v) is 9.65. The molecule has 4 rings (SSSR count). The number of pyridine rings is 1. The molecule has 1 amide bonds. The highest BCUT2D eigenvalue weighted by Gasteiger charge is 2.37. The van der Waals surface area contributed by atoms with Gasteiger partial charge in [0.25, 0.3) is 15.9 Å². The van der Waals surface area contributed by atoms with Crippen LogP contribution in [0.4, 0.5) is 0 Å². The number of amides is 1. The second kappa shape index (κ2) is 8.24. The smallest absolute Gasteiger partial charge is 0.280 e. The maximum Gasteiger partial charge on any atom is 0.281 e. The lowest BCUT2D eigenvalue weighted by Gasteiger charge is -2.26. The van der Waals surface area contributed by atoms with E-state index in [2.05, 4.69) is 42.6 Å². The second-order valence-electron chi connectivity index (χ2n) is 8.02. The van der Waals surface area contributed by atoms with E-state index in [0.717, 1.165) is 27.8 Å². The van der Waals surface area contributed by atoms with Crippen LogP contribution in [0.15, 0.2) is 65.8 Å². The highest BCUT2D eigenvalue weighted by Crippen LogP contribution is 2.36. The number of hydrogen-bond acceptors (Lipinski definition) is 5. The fourth-order valence-electron chi connectivity index (χ4n) is 4.31. The van der Waals surface area contributed by atoms with Crippen LogP contribution in [-0.4, -0.2) is 24.2 Å². The van der Waals surface area contributed by atoms with Gasteiger partial charge in [-0.2, -0.15) is 8.42 Å². The first-order chi connectivity index (χ1) is 14.8.